The fourth-order valence-corrected chi connectivity index (χ4v) is 2.14. The Hall–Kier alpha value is -0.670. The van der Waals surface area contributed by atoms with Crippen molar-refractivity contribution in [3.8, 4) is 0 Å². The molecule has 4 heteroatoms. The molecule has 2 nitrogen and oxygen atoms in total. The molecule has 0 amide bonds. The van der Waals surface area contributed by atoms with Crippen LogP contribution >= 0.6 is 23.4 Å². The maximum atomic E-state index is 11.1. The van der Waals surface area contributed by atoms with Crippen LogP contribution in [-0.4, -0.2) is 23.1 Å². The highest BCUT2D eigenvalue weighted by atomic mass is 35.5. The number of carbonyl (C=O) groups is 1. The normalized spacial score (nSPS) is 12.4. The second-order valence-electron chi connectivity index (χ2n) is 3.58. The minimum Gasteiger partial charge on any atom is -0.481 e. The monoisotopic (exact) mass is 258 g/mol. The van der Waals surface area contributed by atoms with Gasteiger partial charge in [-0.2, -0.15) is 11.8 Å². The Morgan fingerprint density at radius 2 is 2.06 bits per heavy atom. The summed E-state index contributed by atoms with van der Waals surface area (Å²) in [7, 11) is 0. The average molecular weight is 259 g/mol. The first-order valence-corrected chi connectivity index (χ1v) is 6.89. The number of rotatable bonds is 6. The molecule has 0 aliphatic rings. The van der Waals surface area contributed by atoms with Gasteiger partial charge in [0, 0.05) is 5.02 Å². The first kappa shape index (κ1) is 13.4. The van der Waals surface area contributed by atoms with Crippen LogP contribution in [0, 0.1) is 0 Å². The van der Waals surface area contributed by atoms with Crippen molar-refractivity contribution in [2.45, 2.75) is 18.8 Å². The molecule has 0 aliphatic heterocycles. The van der Waals surface area contributed by atoms with Gasteiger partial charge in [0.25, 0.3) is 0 Å². The Kier molecular flexibility index (Phi) is 5.71. The van der Waals surface area contributed by atoms with Crippen molar-refractivity contribution in [1.82, 2.24) is 0 Å². The number of hydrogen-bond acceptors (Lipinski definition) is 2. The molecule has 16 heavy (non-hydrogen) atoms. The fraction of sp³-hybridized carbons (Fsp3) is 0.417. The summed E-state index contributed by atoms with van der Waals surface area (Å²) < 4.78 is 0. The average Bonchev–Trinajstić information content (AvgIpc) is 2.26. The van der Waals surface area contributed by atoms with E-state index in [2.05, 4.69) is 0 Å². The van der Waals surface area contributed by atoms with Crippen molar-refractivity contribution >= 4 is 29.3 Å². The number of hydrogen-bond donors (Lipinski definition) is 1. The van der Waals surface area contributed by atoms with Crippen molar-refractivity contribution in [2.24, 2.45) is 0 Å². The third kappa shape index (κ3) is 4.06. The van der Waals surface area contributed by atoms with Gasteiger partial charge >= 0.3 is 5.97 Å². The van der Waals surface area contributed by atoms with Gasteiger partial charge in [0.15, 0.2) is 0 Å². The van der Waals surface area contributed by atoms with Gasteiger partial charge in [-0.15, -0.1) is 0 Å². The molecular weight excluding hydrogens is 244 g/mol. The summed E-state index contributed by atoms with van der Waals surface area (Å²) in [6.07, 6.45) is 3.62. The van der Waals surface area contributed by atoms with Crippen LogP contribution in [0.25, 0.3) is 0 Å². The Labute approximate surface area is 105 Å². The smallest absolute Gasteiger partial charge is 0.310 e. The molecule has 0 radical (unpaired) electrons. The second-order valence-corrected chi connectivity index (χ2v) is 5.00. The highest BCUT2D eigenvalue weighted by Gasteiger charge is 2.18. The van der Waals surface area contributed by atoms with Crippen LogP contribution in [0.3, 0.4) is 0 Å². The van der Waals surface area contributed by atoms with Gasteiger partial charge in [-0.25, -0.2) is 0 Å². The molecule has 0 saturated heterocycles. The summed E-state index contributed by atoms with van der Waals surface area (Å²) in [5.41, 5.74) is 0.831. The van der Waals surface area contributed by atoms with Crippen LogP contribution in [0.5, 0.6) is 0 Å². The van der Waals surface area contributed by atoms with Gasteiger partial charge in [0.05, 0.1) is 5.92 Å². The minimum atomic E-state index is -0.761. The first-order valence-electron chi connectivity index (χ1n) is 5.12. The van der Waals surface area contributed by atoms with E-state index in [1.807, 2.05) is 6.26 Å². The van der Waals surface area contributed by atoms with E-state index in [9.17, 15) is 4.79 Å². The van der Waals surface area contributed by atoms with Crippen LogP contribution < -0.4 is 0 Å². The van der Waals surface area contributed by atoms with Crippen molar-refractivity contribution in [3.63, 3.8) is 0 Å². The van der Waals surface area contributed by atoms with E-state index in [0.717, 1.165) is 17.7 Å². The molecule has 1 aromatic rings. The maximum absolute atomic E-state index is 11.1. The van der Waals surface area contributed by atoms with E-state index in [1.165, 1.54) is 0 Å². The summed E-state index contributed by atoms with van der Waals surface area (Å²) in [5.74, 6) is -0.176. The molecule has 0 aliphatic carbocycles. The number of benzene rings is 1. The van der Waals surface area contributed by atoms with Crippen LogP contribution in [-0.2, 0) is 4.79 Å². The number of carboxylic acid groups (broad SMARTS) is 1. The lowest BCUT2D eigenvalue weighted by atomic mass is 9.95. The molecule has 1 atom stereocenters. The summed E-state index contributed by atoms with van der Waals surface area (Å²) >= 11 is 7.51. The third-order valence-electron chi connectivity index (χ3n) is 2.41. The van der Waals surface area contributed by atoms with Gasteiger partial charge in [-0.3, -0.25) is 4.79 Å². The first-order chi connectivity index (χ1) is 7.65. The van der Waals surface area contributed by atoms with Crippen molar-refractivity contribution in [1.29, 1.82) is 0 Å². The van der Waals surface area contributed by atoms with E-state index in [0.29, 0.717) is 11.4 Å². The van der Waals surface area contributed by atoms with Gasteiger partial charge in [0.2, 0.25) is 0 Å². The summed E-state index contributed by atoms with van der Waals surface area (Å²) in [4.78, 5) is 11.1. The third-order valence-corrected chi connectivity index (χ3v) is 3.36. The van der Waals surface area contributed by atoms with E-state index in [1.54, 1.807) is 36.0 Å². The molecule has 1 unspecified atom stereocenters. The van der Waals surface area contributed by atoms with Gasteiger partial charge in [-0.05, 0) is 42.5 Å². The molecular formula is C12H15ClO2S. The molecule has 1 aromatic carbocycles. The fourth-order valence-electron chi connectivity index (χ4n) is 1.56. The maximum Gasteiger partial charge on any atom is 0.310 e. The molecule has 1 N–H and O–H groups in total. The zero-order valence-electron chi connectivity index (χ0n) is 9.15. The standard InChI is InChI=1S/C12H15ClO2S/c1-16-8-2-3-11(12(14)15)9-4-6-10(13)7-5-9/h4-7,11H,2-3,8H2,1H3,(H,14,15). The van der Waals surface area contributed by atoms with Gasteiger partial charge in [-0.1, -0.05) is 23.7 Å². The minimum absolute atomic E-state index is 0.413. The Morgan fingerprint density at radius 3 is 2.56 bits per heavy atom. The number of thioether (sulfide) groups is 1. The highest BCUT2D eigenvalue weighted by molar-refractivity contribution is 7.98. The Balaban J connectivity index is 2.69. The van der Waals surface area contributed by atoms with E-state index in [-0.39, 0.29) is 0 Å². The van der Waals surface area contributed by atoms with Crippen molar-refractivity contribution in [2.75, 3.05) is 12.0 Å². The van der Waals surface area contributed by atoms with Crippen LogP contribution in [0.4, 0.5) is 0 Å². The Bertz CT molecular complexity index is 337. The quantitative estimate of drug-likeness (QED) is 0.792. The lowest BCUT2D eigenvalue weighted by Gasteiger charge is -2.12. The Morgan fingerprint density at radius 1 is 1.44 bits per heavy atom. The molecule has 0 aromatic heterocycles. The molecule has 0 spiro atoms. The summed E-state index contributed by atoms with van der Waals surface area (Å²) in [6.45, 7) is 0. The topological polar surface area (TPSA) is 37.3 Å². The lowest BCUT2D eigenvalue weighted by molar-refractivity contribution is -0.139. The van der Waals surface area contributed by atoms with Gasteiger partial charge in [0.1, 0.15) is 0 Å². The van der Waals surface area contributed by atoms with Gasteiger partial charge < -0.3 is 5.11 Å². The summed E-state index contributed by atoms with van der Waals surface area (Å²) in [5, 5.41) is 9.79. The van der Waals surface area contributed by atoms with E-state index >= 15 is 0 Å². The number of aliphatic carboxylic acids is 1. The number of halogens is 1. The number of carboxylic acids is 1. The van der Waals surface area contributed by atoms with Crippen LogP contribution in [0.2, 0.25) is 5.02 Å². The van der Waals surface area contributed by atoms with Crippen molar-refractivity contribution in [3.05, 3.63) is 34.9 Å². The second kappa shape index (κ2) is 6.81. The summed E-state index contributed by atoms with van der Waals surface area (Å²) in [6, 6.07) is 7.06. The zero-order valence-corrected chi connectivity index (χ0v) is 10.7. The molecule has 0 heterocycles. The predicted molar refractivity (Wildman–Crippen MR) is 69.4 cm³/mol. The van der Waals surface area contributed by atoms with E-state index in [4.69, 9.17) is 16.7 Å². The zero-order chi connectivity index (χ0) is 12.0. The predicted octanol–water partition coefficient (Wildman–Crippen LogP) is 3.65. The SMILES string of the molecule is CSCCCC(C(=O)O)c1ccc(Cl)cc1. The van der Waals surface area contributed by atoms with Crippen LogP contribution in [0.1, 0.15) is 24.3 Å². The molecule has 88 valence electrons. The van der Waals surface area contributed by atoms with Crippen molar-refractivity contribution < 1.29 is 9.90 Å². The molecule has 0 fully saturated rings. The molecule has 0 bridgehead atoms. The molecule has 1 rings (SSSR count). The lowest BCUT2D eigenvalue weighted by Crippen LogP contribution is -2.11. The molecule has 0 saturated carbocycles. The largest absolute Gasteiger partial charge is 0.481 e. The van der Waals surface area contributed by atoms with Crippen LogP contribution in [0.15, 0.2) is 24.3 Å². The highest BCUT2D eigenvalue weighted by Crippen LogP contribution is 2.23. The van der Waals surface area contributed by atoms with E-state index < -0.39 is 11.9 Å².